The molecule has 1 unspecified atom stereocenters. The lowest BCUT2D eigenvalue weighted by Crippen LogP contribution is -2.33. The average Bonchev–Trinajstić information content (AvgIpc) is 3.00. The Morgan fingerprint density at radius 2 is 1.95 bits per heavy atom. The Hall–Kier alpha value is -1.55. The van der Waals surface area contributed by atoms with Crippen LogP contribution in [0, 0.1) is 0 Å². The third kappa shape index (κ3) is 5.38. The molecule has 0 bridgehead atoms. The second-order valence-corrected chi connectivity index (χ2v) is 5.79. The number of hydrogen-bond acceptors (Lipinski definition) is 3. The summed E-state index contributed by atoms with van der Waals surface area (Å²) in [6, 6.07) is 8.00. The Labute approximate surface area is 127 Å². The standard InChI is InChI=1S/C17H26N2O2/c1-3-13(2)18-12-17(20)19-14-8-10-16(11-9-14)21-15-6-4-5-7-15/h8-11,13,15,18H,3-7,12H2,1-2H3,(H,19,20). The quantitative estimate of drug-likeness (QED) is 0.810. The lowest BCUT2D eigenvalue weighted by atomic mass is 10.2. The summed E-state index contributed by atoms with van der Waals surface area (Å²) in [5.41, 5.74) is 0.810. The van der Waals surface area contributed by atoms with E-state index in [9.17, 15) is 4.79 Å². The molecule has 0 aromatic heterocycles. The van der Waals surface area contributed by atoms with Gasteiger partial charge in [-0.3, -0.25) is 4.79 Å². The van der Waals surface area contributed by atoms with Crippen molar-refractivity contribution in [3.8, 4) is 5.75 Å². The molecule has 21 heavy (non-hydrogen) atoms. The first-order chi connectivity index (χ1) is 10.2. The molecule has 1 aliphatic rings. The molecule has 1 saturated carbocycles. The van der Waals surface area contributed by atoms with Crippen molar-refractivity contribution in [1.82, 2.24) is 5.32 Å². The lowest BCUT2D eigenvalue weighted by molar-refractivity contribution is -0.115. The number of benzene rings is 1. The maximum atomic E-state index is 11.8. The number of carbonyl (C=O) groups excluding carboxylic acids is 1. The zero-order valence-electron chi connectivity index (χ0n) is 13.0. The van der Waals surface area contributed by atoms with Crippen molar-refractivity contribution in [1.29, 1.82) is 0 Å². The van der Waals surface area contributed by atoms with Gasteiger partial charge in [0.25, 0.3) is 0 Å². The van der Waals surface area contributed by atoms with E-state index in [2.05, 4.69) is 24.5 Å². The van der Waals surface area contributed by atoms with Crippen LogP contribution < -0.4 is 15.4 Å². The van der Waals surface area contributed by atoms with Gasteiger partial charge in [-0.2, -0.15) is 0 Å². The molecule has 0 spiro atoms. The maximum Gasteiger partial charge on any atom is 0.238 e. The van der Waals surface area contributed by atoms with Gasteiger partial charge in [0.15, 0.2) is 0 Å². The summed E-state index contributed by atoms with van der Waals surface area (Å²) in [4.78, 5) is 11.8. The molecule has 1 atom stereocenters. The van der Waals surface area contributed by atoms with Gasteiger partial charge in [-0.25, -0.2) is 0 Å². The van der Waals surface area contributed by atoms with Crippen LogP contribution in [-0.4, -0.2) is 24.6 Å². The number of ether oxygens (including phenoxy) is 1. The topological polar surface area (TPSA) is 50.4 Å². The molecule has 4 heteroatoms. The molecule has 4 nitrogen and oxygen atoms in total. The van der Waals surface area contributed by atoms with E-state index in [4.69, 9.17) is 4.74 Å². The second-order valence-electron chi connectivity index (χ2n) is 5.79. The number of nitrogens with one attached hydrogen (secondary N) is 2. The van der Waals surface area contributed by atoms with E-state index in [-0.39, 0.29) is 5.91 Å². The predicted octanol–water partition coefficient (Wildman–Crippen LogP) is 3.33. The van der Waals surface area contributed by atoms with E-state index in [0.29, 0.717) is 18.7 Å². The predicted molar refractivity (Wildman–Crippen MR) is 85.7 cm³/mol. The Morgan fingerprint density at radius 1 is 1.29 bits per heavy atom. The molecule has 1 aromatic rings. The van der Waals surface area contributed by atoms with Crippen LogP contribution in [0.5, 0.6) is 5.75 Å². The summed E-state index contributed by atoms with van der Waals surface area (Å²) in [6.07, 6.45) is 6.22. The molecule has 0 aliphatic heterocycles. The smallest absolute Gasteiger partial charge is 0.238 e. The van der Waals surface area contributed by atoms with E-state index in [1.54, 1.807) is 0 Å². The fourth-order valence-electron chi connectivity index (χ4n) is 2.43. The number of carbonyl (C=O) groups is 1. The van der Waals surface area contributed by atoms with Crippen molar-refractivity contribution in [3.05, 3.63) is 24.3 Å². The summed E-state index contributed by atoms with van der Waals surface area (Å²) in [7, 11) is 0. The van der Waals surface area contributed by atoms with Gasteiger partial charge in [0.2, 0.25) is 5.91 Å². The highest BCUT2D eigenvalue weighted by Gasteiger charge is 2.16. The lowest BCUT2D eigenvalue weighted by Gasteiger charge is -2.14. The molecule has 0 saturated heterocycles. The van der Waals surface area contributed by atoms with Crippen molar-refractivity contribution in [2.75, 3.05) is 11.9 Å². The summed E-state index contributed by atoms with van der Waals surface area (Å²) in [5, 5.41) is 6.06. The third-order valence-corrected chi connectivity index (χ3v) is 3.97. The highest BCUT2D eigenvalue weighted by atomic mass is 16.5. The van der Waals surface area contributed by atoms with E-state index in [0.717, 1.165) is 30.7 Å². The Kier molecular flexibility index (Phi) is 6.05. The molecular formula is C17H26N2O2. The van der Waals surface area contributed by atoms with Gasteiger partial charge < -0.3 is 15.4 Å². The largest absolute Gasteiger partial charge is 0.490 e. The second kappa shape index (κ2) is 8.03. The highest BCUT2D eigenvalue weighted by molar-refractivity contribution is 5.92. The maximum absolute atomic E-state index is 11.8. The van der Waals surface area contributed by atoms with Gasteiger partial charge in [0, 0.05) is 11.7 Å². The van der Waals surface area contributed by atoms with E-state index in [1.165, 1.54) is 12.8 Å². The van der Waals surface area contributed by atoms with Crippen LogP contribution in [0.4, 0.5) is 5.69 Å². The minimum absolute atomic E-state index is 0.0141. The van der Waals surface area contributed by atoms with Crippen LogP contribution in [0.25, 0.3) is 0 Å². The van der Waals surface area contributed by atoms with Crippen molar-refractivity contribution in [2.24, 2.45) is 0 Å². The number of hydrogen-bond donors (Lipinski definition) is 2. The van der Waals surface area contributed by atoms with Crippen molar-refractivity contribution >= 4 is 11.6 Å². The highest BCUT2D eigenvalue weighted by Crippen LogP contribution is 2.24. The van der Waals surface area contributed by atoms with Crippen molar-refractivity contribution < 1.29 is 9.53 Å². The van der Waals surface area contributed by atoms with E-state index < -0.39 is 0 Å². The van der Waals surface area contributed by atoms with Gasteiger partial charge >= 0.3 is 0 Å². The van der Waals surface area contributed by atoms with Crippen LogP contribution in [0.3, 0.4) is 0 Å². The van der Waals surface area contributed by atoms with Gasteiger partial charge in [-0.15, -0.1) is 0 Å². The third-order valence-electron chi connectivity index (χ3n) is 3.97. The first-order valence-corrected chi connectivity index (χ1v) is 7.97. The molecule has 1 amide bonds. The summed E-state index contributed by atoms with van der Waals surface area (Å²) in [5.74, 6) is 0.873. The van der Waals surface area contributed by atoms with Gasteiger partial charge in [-0.1, -0.05) is 6.92 Å². The minimum atomic E-state index is -0.0141. The first kappa shape index (κ1) is 15.8. The van der Waals surface area contributed by atoms with Gasteiger partial charge in [-0.05, 0) is 63.3 Å². The summed E-state index contributed by atoms with van der Waals surface area (Å²) >= 11 is 0. The number of anilines is 1. The van der Waals surface area contributed by atoms with Crippen molar-refractivity contribution in [2.45, 2.75) is 58.1 Å². The van der Waals surface area contributed by atoms with Gasteiger partial charge in [0.1, 0.15) is 5.75 Å². The van der Waals surface area contributed by atoms with Crippen molar-refractivity contribution in [3.63, 3.8) is 0 Å². The fraction of sp³-hybridized carbons (Fsp3) is 0.588. The Morgan fingerprint density at radius 3 is 2.57 bits per heavy atom. The van der Waals surface area contributed by atoms with Gasteiger partial charge in [0.05, 0.1) is 12.6 Å². The zero-order valence-corrected chi connectivity index (χ0v) is 13.0. The first-order valence-electron chi connectivity index (χ1n) is 7.97. The Bertz CT molecular complexity index is 439. The van der Waals surface area contributed by atoms with Crippen LogP contribution >= 0.6 is 0 Å². The normalized spacial score (nSPS) is 16.7. The fourth-order valence-corrected chi connectivity index (χ4v) is 2.43. The molecule has 116 valence electrons. The van der Waals surface area contributed by atoms with Crippen LogP contribution in [-0.2, 0) is 4.79 Å². The SMILES string of the molecule is CCC(C)NCC(=O)Nc1ccc(OC2CCCC2)cc1. The molecule has 0 heterocycles. The average molecular weight is 290 g/mol. The Balaban J connectivity index is 1.77. The summed E-state index contributed by atoms with van der Waals surface area (Å²) in [6.45, 7) is 4.51. The molecule has 1 aliphatic carbocycles. The van der Waals surface area contributed by atoms with Crippen LogP contribution in [0.1, 0.15) is 46.0 Å². The number of rotatable bonds is 7. The molecule has 2 rings (SSSR count). The monoisotopic (exact) mass is 290 g/mol. The number of amides is 1. The van der Waals surface area contributed by atoms with E-state index in [1.807, 2.05) is 24.3 Å². The minimum Gasteiger partial charge on any atom is -0.490 e. The molecular weight excluding hydrogens is 264 g/mol. The zero-order chi connectivity index (χ0) is 15.1. The molecule has 1 fully saturated rings. The molecule has 0 radical (unpaired) electrons. The van der Waals surface area contributed by atoms with Crippen LogP contribution in [0.15, 0.2) is 24.3 Å². The summed E-state index contributed by atoms with van der Waals surface area (Å²) < 4.78 is 5.90. The van der Waals surface area contributed by atoms with E-state index >= 15 is 0 Å². The molecule has 1 aromatic carbocycles. The molecule has 2 N–H and O–H groups in total. The van der Waals surface area contributed by atoms with Crippen LogP contribution in [0.2, 0.25) is 0 Å².